The highest BCUT2D eigenvalue weighted by Gasteiger charge is 2.22. The third-order valence-electron chi connectivity index (χ3n) is 2.79. The molecule has 20 heavy (non-hydrogen) atoms. The van der Waals surface area contributed by atoms with Crippen LogP contribution in [0.1, 0.15) is 22.3 Å². The van der Waals surface area contributed by atoms with Gasteiger partial charge in [-0.2, -0.15) is 4.31 Å². The first-order chi connectivity index (χ1) is 9.41. The molecule has 1 aromatic carbocycles. The number of hydrogen-bond acceptors (Lipinski definition) is 5. The van der Waals surface area contributed by atoms with E-state index in [0.717, 1.165) is 5.01 Å². The molecule has 7 heteroatoms. The van der Waals surface area contributed by atoms with Gasteiger partial charge in [-0.05, 0) is 19.1 Å². The van der Waals surface area contributed by atoms with E-state index in [2.05, 4.69) is 4.98 Å². The molecule has 0 N–H and O–H groups in total. The molecular weight excluding hydrogens is 296 g/mol. The van der Waals surface area contributed by atoms with Crippen molar-refractivity contribution in [2.45, 2.75) is 18.4 Å². The highest BCUT2D eigenvalue weighted by atomic mass is 32.2. The van der Waals surface area contributed by atoms with Crippen LogP contribution in [-0.2, 0) is 16.6 Å². The summed E-state index contributed by atoms with van der Waals surface area (Å²) >= 11 is 1.40. The van der Waals surface area contributed by atoms with Crippen molar-refractivity contribution >= 4 is 27.1 Å². The second kappa shape index (κ2) is 5.82. The van der Waals surface area contributed by atoms with Gasteiger partial charge in [-0.25, -0.2) is 13.4 Å². The minimum Gasteiger partial charge on any atom is -0.295 e. The maximum Gasteiger partial charge on any atom is 0.243 e. The number of benzene rings is 1. The van der Waals surface area contributed by atoms with E-state index in [4.69, 9.17) is 0 Å². The van der Waals surface area contributed by atoms with Crippen LogP contribution in [0.3, 0.4) is 0 Å². The van der Waals surface area contributed by atoms with Gasteiger partial charge in [0.15, 0.2) is 5.78 Å². The lowest BCUT2D eigenvalue weighted by molar-refractivity contribution is 0.101. The maximum absolute atomic E-state index is 12.4. The summed E-state index contributed by atoms with van der Waals surface area (Å²) in [7, 11) is -2.13. The summed E-state index contributed by atoms with van der Waals surface area (Å²) in [6, 6.07) is 6.05. The second-order valence-corrected chi connectivity index (χ2v) is 7.29. The number of sulfonamides is 1. The number of ketones is 1. The Morgan fingerprint density at radius 2 is 2.15 bits per heavy atom. The predicted octanol–water partition coefficient (Wildman–Crippen LogP) is 2.17. The highest BCUT2D eigenvalue weighted by Crippen LogP contribution is 2.19. The van der Waals surface area contributed by atoms with Crippen LogP contribution in [0.2, 0.25) is 0 Å². The van der Waals surface area contributed by atoms with Crippen molar-refractivity contribution < 1.29 is 13.2 Å². The maximum atomic E-state index is 12.4. The average molecular weight is 310 g/mol. The fraction of sp³-hybridized carbons (Fsp3) is 0.231. The first kappa shape index (κ1) is 14.8. The zero-order chi connectivity index (χ0) is 14.8. The molecule has 0 radical (unpaired) electrons. The fourth-order valence-corrected chi connectivity index (χ4v) is 3.59. The summed E-state index contributed by atoms with van der Waals surface area (Å²) in [6.07, 6.45) is 1.64. The Kier molecular flexibility index (Phi) is 4.32. The van der Waals surface area contributed by atoms with Crippen molar-refractivity contribution in [3.63, 3.8) is 0 Å². The van der Waals surface area contributed by atoms with Gasteiger partial charge in [-0.15, -0.1) is 11.3 Å². The number of thiazole rings is 1. The van der Waals surface area contributed by atoms with Crippen LogP contribution < -0.4 is 0 Å². The lowest BCUT2D eigenvalue weighted by atomic mass is 10.2. The van der Waals surface area contributed by atoms with Crippen LogP contribution in [-0.4, -0.2) is 30.5 Å². The summed E-state index contributed by atoms with van der Waals surface area (Å²) in [4.78, 5) is 15.5. The number of aromatic nitrogens is 1. The van der Waals surface area contributed by atoms with Gasteiger partial charge in [-0.1, -0.05) is 12.1 Å². The standard InChI is InChI=1S/C13H14N2O3S2/c1-10(16)11-4-3-5-12(8-11)20(17,18)15(2)9-13-14-6-7-19-13/h3-8H,9H2,1-2H3. The van der Waals surface area contributed by atoms with E-state index in [1.54, 1.807) is 23.7 Å². The molecule has 0 spiro atoms. The highest BCUT2D eigenvalue weighted by molar-refractivity contribution is 7.89. The predicted molar refractivity (Wildman–Crippen MR) is 77.2 cm³/mol. The summed E-state index contributed by atoms with van der Waals surface area (Å²) in [5.74, 6) is -0.162. The van der Waals surface area contributed by atoms with E-state index >= 15 is 0 Å². The summed E-state index contributed by atoms with van der Waals surface area (Å²) < 4.78 is 26.1. The van der Waals surface area contributed by atoms with E-state index in [1.807, 2.05) is 0 Å². The third kappa shape index (κ3) is 3.12. The van der Waals surface area contributed by atoms with Crippen molar-refractivity contribution in [1.29, 1.82) is 0 Å². The quantitative estimate of drug-likeness (QED) is 0.794. The van der Waals surface area contributed by atoms with Crippen LogP contribution in [0.5, 0.6) is 0 Å². The van der Waals surface area contributed by atoms with Gasteiger partial charge in [0.05, 0.1) is 11.4 Å². The first-order valence-corrected chi connectivity index (χ1v) is 8.19. The molecule has 5 nitrogen and oxygen atoms in total. The van der Waals surface area contributed by atoms with Gasteiger partial charge in [0.2, 0.25) is 10.0 Å². The molecule has 106 valence electrons. The van der Waals surface area contributed by atoms with Crippen molar-refractivity contribution in [2.24, 2.45) is 0 Å². The Morgan fingerprint density at radius 1 is 1.40 bits per heavy atom. The largest absolute Gasteiger partial charge is 0.295 e. The first-order valence-electron chi connectivity index (χ1n) is 5.87. The van der Waals surface area contributed by atoms with E-state index in [-0.39, 0.29) is 17.2 Å². The fourth-order valence-electron chi connectivity index (χ4n) is 1.66. The molecule has 0 aliphatic rings. The monoisotopic (exact) mass is 310 g/mol. The SMILES string of the molecule is CC(=O)c1cccc(S(=O)(=O)N(C)Cc2nccs2)c1. The van der Waals surface area contributed by atoms with E-state index in [9.17, 15) is 13.2 Å². The van der Waals surface area contributed by atoms with Gasteiger partial charge in [0.1, 0.15) is 5.01 Å². The van der Waals surface area contributed by atoms with Gasteiger partial charge in [-0.3, -0.25) is 4.79 Å². The van der Waals surface area contributed by atoms with E-state index in [0.29, 0.717) is 5.56 Å². The van der Waals surface area contributed by atoms with Gasteiger partial charge in [0, 0.05) is 24.2 Å². The molecule has 0 amide bonds. The number of hydrogen-bond donors (Lipinski definition) is 0. The Morgan fingerprint density at radius 3 is 2.75 bits per heavy atom. The number of Topliss-reactive ketones (excluding diaryl/α,β-unsaturated/α-hetero) is 1. The molecule has 0 saturated carbocycles. The summed E-state index contributed by atoms with van der Waals surface area (Å²) in [5.41, 5.74) is 0.383. The molecule has 0 saturated heterocycles. The van der Waals surface area contributed by atoms with Crippen molar-refractivity contribution in [1.82, 2.24) is 9.29 Å². The normalized spacial score (nSPS) is 11.8. The van der Waals surface area contributed by atoms with Crippen LogP contribution >= 0.6 is 11.3 Å². The van der Waals surface area contributed by atoms with Gasteiger partial charge < -0.3 is 0 Å². The van der Waals surface area contributed by atoms with Crippen LogP contribution in [0.15, 0.2) is 40.7 Å². The van der Waals surface area contributed by atoms with Crippen molar-refractivity contribution in [3.05, 3.63) is 46.4 Å². The molecule has 1 aromatic heterocycles. The Bertz CT molecular complexity index is 709. The molecule has 0 aliphatic heterocycles. The van der Waals surface area contributed by atoms with Crippen LogP contribution in [0.25, 0.3) is 0 Å². The van der Waals surface area contributed by atoms with Crippen molar-refractivity contribution in [2.75, 3.05) is 7.05 Å². The Hall–Kier alpha value is -1.57. The Balaban J connectivity index is 2.29. The zero-order valence-corrected chi connectivity index (χ0v) is 12.7. The lowest BCUT2D eigenvalue weighted by Crippen LogP contribution is -2.26. The summed E-state index contributed by atoms with van der Waals surface area (Å²) in [5, 5.41) is 2.52. The molecule has 0 bridgehead atoms. The molecule has 0 atom stereocenters. The topological polar surface area (TPSA) is 67.3 Å². The molecule has 1 heterocycles. The van der Waals surface area contributed by atoms with Gasteiger partial charge >= 0.3 is 0 Å². The van der Waals surface area contributed by atoms with Crippen molar-refractivity contribution in [3.8, 4) is 0 Å². The molecule has 0 fully saturated rings. The number of rotatable bonds is 5. The third-order valence-corrected chi connectivity index (χ3v) is 5.35. The molecule has 0 aliphatic carbocycles. The molecule has 0 unspecified atom stereocenters. The van der Waals surface area contributed by atoms with Gasteiger partial charge in [0.25, 0.3) is 0 Å². The molecular formula is C13H14N2O3S2. The van der Waals surface area contributed by atoms with Crippen LogP contribution in [0, 0.1) is 0 Å². The van der Waals surface area contributed by atoms with E-state index < -0.39 is 10.0 Å². The Labute approximate surface area is 121 Å². The average Bonchev–Trinajstić information content (AvgIpc) is 2.91. The molecule has 2 aromatic rings. The number of carbonyl (C=O) groups is 1. The van der Waals surface area contributed by atoms with Crippen LogP contribution in [0.4, 0.5) is 0 Å². The lowest BCUT2D eigenvalue weighted by Gasteiger charge is -2.16. The second-order valence-electron chi connectivity index (χ2n) is 4.27. The smallest absolute Gasteiger partial charge is 0.243 e. The minimum absolute atomic E-state index is 0.115. The van der Waals surface area contributed by atoms with E-state index in [1.165, 1.54) is 41.7 Å². The minimum atomic E-state index is -3.62. The number of carbonyl (C=O) groups excluding carboxylic acids is 1. The number of nitrogens with zero attached hydrogens (tertiary/aromatic N) is 2. The zero-order valence-electron chi connectivity index (χ0n) is 11.1. The molecule has 2 rings (SSSR count). The summed E-state index contributed by atoms with van der Waals surface area (Å²) in [6.45, 7) is 1.62.